The van der Waals surface area contributed by atoms with Crippen LogP contribution in [0.3, 0.4) is 0 Å². The first kappa shape index (κ1) is 24.7. The topological polar surface area (TPSA) is 114 Å². The van der Waals surface area contributed by atoms with Gasteiger partial charge in [-0.05, 0) is 44.7 Å². The van der Waals surface area contributed by atoms with E-state index in [4.69, 9.17) is 9.47 Å². The highest BCUT2D eigenvalue weighted by molar-refractivity contribution is 5.80. The number of carbonyl (C=O) groups is 3. The van der Waals surface area contributed by atoms with Crippen molar-refractivity contribution >= 4 is 18.2 Å². The van der Waals surface area contributed by atoms with E-state index in [-0.39, 0.29) is 13.0 Å². The third-order valence-electron chi connectivity index (χ3n) is 4.37. The third kappa shape index (κ3) is 9.51. The number of rotatable bonds is 9. The number of carboxylic acids is 1. The Morgan fingerprint density at radius 3 is 1.97 bits per heavy atom. The number of hydrogen-bond donors (Lipinski definition) is 3. The zero-order valence-corrected chi connectivity index (χ0v) is 18.5. The molecule has 0 aromatic heterocycles. The van der Waals surface area contributed by atoms with Crippen LogP contribution in [-0.2, 0) is 27.3 Å². The summed E-state index contributed by atoms with van der Waals surface area (Å²) in [5.41, 5.74) is 0.986. The van der Waals surface area contributed by atoms with Crippen molar-refractivity contribution in [2.75, 3.05) is 0 Å². The van der Waals surface area contributed by atoms with E-state index in [0.29, 0.717) is 6.42 Å². The van der Waals surface area contributed by atoms with E-state index < -0.39 is 35.8 Å². The van der Waals surface area contributed by atoms with Gasteiger partial charge in [0, 0.05) is 6.04 Å². The largest absolute Gasteiger partial charge is 0.480 e. The predicted molar refractivity (Wildman–Crippen MR) is 119 cm³/mol. The molecule has 0 saturated carbocycles. The van der Waals surface area contributed by atoms with E-state index in [9.17, 15) is 19.5 Å². The number of nitrogens with one attached hydrogen (secondary N) is 2. The lowest BCUT2D eigenvalue weighted by atomic mass is 9.99. The van der Waals surface area contributed by atoms with Crippen molar-refractivity contribution in [2.45, 2.75) is 57.9 Å². The van der Waals surface area contributed by atoms with Crippen LogP contribution in [0.1, 0.15) is 38.3 Å². The Kier molecular flexibility index (Phi) is 9.07. The number of carbonyl (C=O) groups excluding carboxylic acids is 2. The molecule has 0 spiro atoms. The van der Waals surface area contributed by atoms with E-state index in [1.165, 1.54) is 0 Å². The molecule has 8 heteroatoms. The summed E-state index contributed by atoms with van der Waals surface area (Å²) in [5.74, 6) is -1.23. The second-order valence-corrected chi connectivity index (χ2v) is 8.37. The lowest BCUT2D eigenvalue weighted by molar-refractivity contribution is -0.139. The number of amides is 2. The molecule has 0 aliphatic heterocycles. The fraction of sp³-hybridized carbons (Fsp3) is 0.375. The molecule has 2 atom stereocenters. The van der Waals surface area contributed by atoms with Gasteiger partial charge in [-0.1, -0.05) is 60.7 Å². The number of aliphatic carboxylic acids is 1. The van der Waals surface area contributed by atoms with Gasteiger partial charge in [-0.2, -0.15) is 0 Å². The molecule has 2 aromatic rings. The molecule has 0 saturated heterocycles. The van der Waals surface area contributed by atoms with Crippen LogP contribution in [0.4, 0.5) is 9.59 Å². The van der Waals surface area contributed by atoms with Crippen LogP contribution in [0.15, 0.2) is 60.7 Å². The van der Waals surface area contributed by atoms with Crippen molar-refractivity contribution in [1.82, 2.24) is 10.6 Å². The first-order chi connectivity index (χ1) is 15.1. The maximum absolute atomic E-state index is 12.3. The maximum atomic E-state index is 12.3. The Balaban J connectivity index is 2.03. The Labute approximate surface area is 187 Å². The maximum Gasteiger partial charge on any atom is 0.408 e. The standard InChI is InChI=1S/C24H30N2O6/c1-24(2,3)32-23(30)25-19(14-17-10-6-4-7-11-17)15-20(21(27)28)26-22(29)31-16-18-12-8-5-9-13-18/h4-13,19-20H,14-16H2,1-3H3,(H,25,30)(H,26,29)(H,27,28). The number of ether oxygens (including phenoxy) is 2. The van der Waals surface area contributed by atoms with E-state index in [1.54, 1.807) is 32.9 Å². The summed E-state index contributed by atoms with van der Waals surface area (Å²) in [6, 6.07) is 16.5. The SMILES string of the molecule is CC(C)(C)OC(=O)NC(Cc1ccccc1)CC(NC(=O)OCc1ccccc1)C(=O)O. The van der Waals surface area contributed by atoms with Crippen LogP contribution in [0.25, 0.3) is 0 Å². The second kappa shape index (κ2) is 11.7. The Morgan fingerprint density at radius 1 is 0.875 bits per heavy atom. The summed E-state index contributed by atoms with van der Waals surface area (Å²) in [7, 11) is 0. The summed E-state index contributed by atoms with van der Waals surface area (Å²) >= 11 is 0. The summed E-state index contributed by atoms with van der Waals surface area (Å²) in [4.78, 5) is 36.3. The van der Waals surface area contributed by atoms with E-state index in [2.05, 4.69) is 10.6 Å². The minimum atomic E-state index is -1.26. The van der Waals surface area contributed by atoms with Crippen LogP contribution < -0.4 is 10.6 Å². The Hall–Kier alpha value is -3.55. The summed E-state index contributed by atoms with van der Waals surface area (Å²) in [6.07, 6.45) is -1.19. The molecule has 0 aliphatic rings. The third-order valence-corrected chi connectivity index (χ3v) is 4.37. The molecule has 0 heterocycles. The van der Waals surface area contributed by atoms with Crippen LogP contribution >= 0.6 is 0 Å². The molecule has 32 heavy (non-hydrogen) atoms. The fourth-order valence-corrected chi connectivity index (χ4v) is 2.98. The molecule has 0 fully saturated rings. The number of benzene rings is 2. The lowest BCUT2D eigenvalue weighted by Gasteiger charge is -2.25. The van der Waals surface area contributed by atoms with Crippen molar-refractivity contribution in [3.8, 4) is 0 Å². The summed E-state index contributed by atoms with van der Waals surface area (Å²) < 4.78 is 10.4. The van der Waals surface area contributed by atoms with Crippen molar-refractivity contribution in [2.24, 2.45) is 0 Å². The molecule has 0 bridgehead atoms. The van der Waals surface area contributed by atoms with Gasteiger partial charge in [-0.25, -0.2) is 14.4 Å². The average Bonchev–Trinajstić information content (AvgIpc) is 2.71. The summed E-state index contributed by atoms with van der Waals surface area (Å²) in [6.45, 7) is 5.23. The van der Waals surface area contributed by atoms with E-state index >= 15 is 0 Å². The minimum absolute atomic E-state index is 0.0165. The van der Waals surface area contributed by atoms with Crippen molar-refractivity contribution in [1.29, 1.82) is 0 Å². The normalized spacial score (nSPS) is 12.8. The molecular weight excluding hydrogens is 412 g/mol. The highest BCUT2D eigenvalue weighted by Gasteiger charge is 2.27. The van der Waals surface area contributed by atoms with Gasteiger partial charge in [0.05, 0.1) is 0 Å². The zero-order chi connectivity index (χ0) is 23.6. The number of alkyl carbamates (subject to hydrolysis) is 2. The van der Waals surface area contributed by atoms with Gasteiger partial charge in [-0.15, -0.1) is 0 Å². The molecule has 2 rings (SSSR count). The molecule has 0 radical (unpaired) electrons. The average molecular weight is 443 g/mol. The van der Waals surface area contributed by atoms with Gasteiger partial charge in [0.1, 0.15) is 18.2 Å². The van der Waals surface area contributed by atoms with Crippen LogP contribution in [-0.4, -0.2) is 40.9 Å². The lowest BCUT2D eigenvalue weighted by Crippen LogP contribution is -2.48. The van der Waals surface area contributed by atoms with Crippen molar-refractivity contribution < 1.29 is 29.0 Å². The van der Waals surface area contributed by atoms with Gasteiger partial charge in [0.25, 0.3) is 0 Å². The Bertz CT molecular complexity index is 880. The Morgan fingerprint density at radius 2 is 1.44 bits per heavy atom. The molecule has 8 nitrogen and oxygen atoms in total. The highest BCUT2D eigenvalue weighted by atomic mass is 16.6. The van der Waals surface area contributed by atoms with E-state index in [1.807, 2.05) is 48.5 Å². The molecule has 2 amide bonds. The number of hydrogen-bond acceptors (Lipinski definition) is 5. The van der Waals surface area contributed by atoms with Crippen molar-refractivity contribution in [3.05, 3.63) is 71.8 Å². The molecule has 2 unspecified atom stereocenters. The quantitative estimate of drug-likeness (QED) is 0.543. The summed E-state index contributed by atoms with van der Waals surface area (Å²) in [5, 5.41) is 14.7. The minimum Gasteiger partial charge on any atom is -0.480 e. The predicted octanol–water partition coefficient (Wildman–Crippen LogP) is 3.89. The highest BCUT2D eigenvalue weighted by Crippen LogP contribution is 2.12. The monoisotopic (exact) mass is 442 g/mol. The second-order valence-electron chi connectivity index (χ2n) is 8.37. The number of carboxylic acid groups (broad SMARTS) is 1. The molecule has 172 valence electrons. The first-order valence-electron chi connectivity index (χ1n) is 10.4. The van der Waals surface area contributed by atoms with Crippen LogP contribution in [0.5, 0.6) is 0 Å². The van der Waals surface area contributed by atoms with Gasteiger partial charge < -0.3 is 25.2 Å². The molecule has 2 aromatic carbocycles. The van der Waals surface area contributed by atoms with E-state index in [0.717, 1.165) is 11.1 Å². The molecule has 3 N–H and O–H groups in total. The zero-order valence-electron chi connectivity index (χ0n) is 18.5. The molecule has 0 aliphatic carbocycles. The first-order valence-corrected chi connectivity index (χ1v) is 10.4. The smallest absolute Gasteiger partial charge is 0.408 e. The van der Waals surface area contributed by atoms with Gasteiger partial charge in [0.15, 0.2) is 0 Å². The fourth-order valence-electron chi connectivity index (χ4n) is 2.98. The molecular formula is C24H30N2O6. The van der Waals surface area contributed by atoms with Crippen LogP contribution in [0, 0.1) is 0 Å². The van der Waals surface area contributed by atoms with Crippen LogP contribution in [0.2, 0.25) is 0 Å². The van der Waals surface area contributed by atoms with Gasteiger partial charge >= 0.3 is 18.2 Å². The van der Waals surface area contributed by atoms with Crippen molar-refractivity contribution in [3.63, 3.8) is 0 Å². The van der Waals surface area contributed by atoms with Gasteiger partial charge in [-0.3, -0.25) is 0 Å². The van der Waals surface area contributed by atoms with Gasteiger partial charge in [0.2, 0.25) is 0 Å².